The van der Waals surface area contributed by atoms with E-state index in [0.29, 0.717) is 34.7 Å². The van der Waals surface area contributed by atoms with Crippen molar-refractivity contribution in [1.82, 2.24) is 19.5 Å². The normalized spacial score (nSPS) is 12.5. The molecule has 12 heteroatoms. The Kier molecular flexibility index (Phi) is 6.97. The molecule has 10 nitrogen and oxygen atoms in total. The Bertz CT molecular complexity index is 1580. The van der Waals surface area contributed by atoms with Gasteiger partial charge >= 0.3 is 5.69 Å². The number of benzene rings is 1. The molecular formula is C24H25FN4O6S. The van der Waals surface area contributed by atoms with E-state index in [1.165, 1.54) is 43.2 Å². The van der Waals surface area contributed by atoms with Gasteiger partial charge in [-0.2, -0.15) is 0 Å². The first-order valence-corrected chi connectivity index (χ1v) is 13.0. The molecule has 1 N–H and O–H groups in total. The number of H-pyrrole nitrogens is 1. The number of sulfone groups is 1. The molecule has 3 heterocycles. The van der Waals surface area contributed by atoms with Crippen molar-refractivity contribution in [3.05, 3.63) is 64.6 Å². The van der Waals surface area contributed by atoms with Crippen molar-refractivity contribution in [2.75, 3.05) is 32.8 Å². The predicted octanol–water partition coefficient (Wildman–Crippen LogP) is 2.98. The van der Waals surface area contributed by atoms with Crippen LogP contribution in [0.25, 0.3) is 22.3 Å². The molecule has 36 heavy (non-hydrogen) atoms. The number of nitrogens with zero attached hydrogens (tertiary/aromatic N) is 3. The van der Waals surface area contributed by atoms with Gasteiger partial charge in [0.05, 0.1) is 43.8 Å². The zero-order chi connectivity index (χ0) is 26.0. The van der Waals surface area contributed by atoms with E-state index >= 15 is 0 Å². The molecule has 0 spiro atoms. The van der Waals surface area contributed by atoms with Crippen LogP contribution in [0, 0.1) is 5.82 Å². The minimum absolute atomic E-state index is 0.178. The third kappa shape index (κ3) is 5.03. The topological polar surface area (TPSA) is 125 Å². The van der Waals surface area contributed by atoms with Crippen LogP contribution in [0.1, 0.15) is 18.7 Å². The minimum atomic E-state index is -3.56. The van der Waals surface area contributed by atoms with E-state index in [9.17, 15) is 17.6 Å². The van der Waals surface area contributed by atoms with Gasteiger partial charge in [-0.05, 0) is 43.3 Å². The van der Waals surface area contributed by atoms with Crippen LogP contribution in [-0.2, 0) is 9.84 Å². The maximum atomic E-state index is 13.9. The second kappa shape index (κ2) is 9.97. The van der Waals surface area contributed by atoms with Crippen LogP contribution < -0.4 is 19.9 Å². The highest BCUT2D eigenvalue weighted by atomic mass is 32.2. The van der Waals surface area contributed by atoms with Crippen molar-refractivity contribution in [3.8, 4) is 28.5 Å². The van der Waals surface area contributed by atoms with Gasteiger partial charge in [-0.25, -0.2) is 27.6 Å². The summed E-state index contributed by atoms with van der Waals surface area (Å²) in [6, 6.07) is 7.88. The molecule has 3 aromatic heterocycles. The third-order valence-corrected chi connectivity index (χ3v) is 6.41. The number of pyridine rings is 2. The lowest BCUT2D eigenvalue weighted by Crippen LogP contribution is -2.29. The van der Waals surface area contributed by atoms with Gasteiger partial charge in [-0.3, -0.25) is 4.57 Å². The lowest BCUT2D eigenvalue weighted by molar-refractivity contribution is 0.296. The summed E-state index contributed by atoms with van der Waals surface area (Å²) >= 11 is 0. The molecule has 0 radical (unpaired) electrons. The van der Waals surface area contributed by atoms with Gasteiger partial charge in [-0.15, -0.1) is 0 Å². The summed E-state index contributed by atoms with van der Waals surface area (Å²) < 4.78 is 56.0. The SMILES string of the molecule is CCOc1nc(C(CS(C)(=O)=O)n2c(=O)[nH]c3cc(-c4cc(F)ccc4OC)cnc32)ccc1OC. The number of methoxy groups -OCH3 is 2. The van der Waals surface area contributed by atoms with Crippen LogP contribution in [0.2, 0.25) is 0 Å². The molecule has 4 rings (SSSR count). The van der Waals surface area contributed by atoms with Crippen LogP contribution in [0.4, 0.5) is 4.39 Å². The Morgan fingerprint density at radius 2 is 1.83 bits per heavy atom. The van der Waals surface area contributed by atoms with E-state index in [1.54, 1.807) is 25.1 Å². The Balaban J connectivity index is 1.89. The monoisotopic (exact) mass is 516 g/mol. The third-order valence-electron chi connectivity index (χ3n) is 5.49. The molecule has 190 valence electrons. The molecule has 0 saturated heterocycles. The van der Waals surface area contributed by atoms with Crippen LogP contribution in [0.3, 0.4) is 0 Å². The number of halogens is 1. The minimum Gasteiger partial charge on any atom is -0.496 e. The van der Waals surface area contributed by atoms with E-state index in [-0.39, 0.29) is 17.2 Å². The molecule has 0 bridgehead atoms. The fourth-order valence-electron chi connectivity index (χ4n) is 3.96. The smallest absolute Gasteiger partial charge is 0.328 e. The number of fused-ring (bicyclic) bond motifs is 1. The number of ether oxygens (including phenoxy) is 3. The fraction of sp³-hybridized carbons (Fsp3) is 0.292. The van der Waals surface area contributed by atoms with Gasteiger partial charge in [0.2, 0.25) is 0 Å². The van der Waals surface area contributed by atoms with Crippen LogP contribution in [0.15, 0.2) is 47.4 Å². The lowest BCUT2D eigenvalue weighted by atomic mass is 10.1. The summed E-state index contributed by atoms with van der Waals surface area (Å²) in [5.41, 5.74) is 1.21. The van der Waals surface area contributed by atoms with Crippen molar-refractivity contribution < 1.29 is 27.0 Å². The summed E-state index contributed by atoms with van der Waals surface area (Å²) in [4.78, 5) is 24.7. The van der Waals surface area contributed by atoms with Crippen molar-refractivity contribution in [2.45, 2.75) is 13.0 Å². The summed E-state index contributed by atoms with van der Waals surface area (Å²) in [5, 5.41) is 0. The van der Waals surface area contributed by atoms with E-state index in [4.69, 9.17) is 14.2 Å². The zero-order valence-electron chi connectivity index (χ0n) is 20.1. The molecule has 1 unspecified atom stereocenters. The average Bonchev–Trinajstić information content (AvgIpc) is 3.16. The molecule has 1 aromatic carbocycles. The first kappa shape index (κ1) is 25.2. The molecule has 1 atom stereocenters. The highest BCUT2D eigenvalue weighted by Crippen LogP contribution is 2.33. The predicted molar refractivity (Wildman–Crippen MR) is 132 cm³/mol. The Morgan fingerprint density at radius 1 is 1.11 bits per heavy atom. The van der Waals surface area contributed by atoms with E-state index in [1.807, 2.05) is 0 Å². The van der Waals surface area contributed by atoms with Gasteiger partial charge in [0.25, 0.3) is 5.88 Å². The second-order valence-corrected chi connectivity index (χ2v) is 10.2. The number of aromatic amines is 1. The van der Waals surface area contributed by atoms with Crippen LogP contribution in [0.5, 0.6) is 17.4 Å². The van der Waals surface area contributed by atoms with E-state index in [2.05, 4.69) is 15.0 Å². The standard InChI is InChI=1S/C24H25FN4O6S/c1-5-35-23-21(34-3)9-7-17(27-23)19(13-36(4,31)32)29-22-18(28-24(29)30)10-14(12-26-22)16-11-15(25)6-8-20(16)33-2/h6-12,19H,5,13H2,1-4H3,(H,28,30). The zero-order valence-corrected chi connectivity index (χ0v) is 20.9. The first-order valence-electron chi connectivity index (χ1n) is 10.9. The van der Waals surface area contributed by atoms with Gasteiger partial charge < -0.3 is 19.2 Å². The highest BCUT2D eigenvalue weighted by Gasteiger charge is 2.27. The van der Waals surface area contributed by atoms with Gasteiger partial charge in [0.15, 0.2) is 11.4 Å². The van der Waals surface area contributed by atoms with Crippen molar-refractivity contribution >= 4 is 21.0 Å². The molecule has 0 fully saturated rings. The number of imidazole rings is 1. The maximum absolute atomic E-state index is 13.9. The number of nitrogens with one attached hydrogen (secondary N) is 1. The van der Waals surface area contributed by atoms with Gasteiger partial charge in [0.1, 0.15) is 21.4 Å². The van der Waals surface area contributed by atoms with Crippen molar-refractivity contribution in [3.63, 3.8) is 0 Å². The molecule has 0 aliphatic rings. The lowest BCUT2D eigenvalue weighted by Gasteiger charge is -2.19. The summed E-state index contributed by atoms with van der Waals surface area (Å²) in [6.07, 6.45) is 2.54. The average molecular weight is 517 g/mol. The van der Waals surface area contributed by atoms with Gasteiger partial charge in [0, 0.05) is 23.6 Å². The van der Waals surface area contributed by atoms with Crippen LogP contribution in [-0.4, -0.2) is 60.8 Å². The summed E-state index contributed by atoms with van der Waals surface area (Å²) in [6.45, 7) is 2.09. The quantitative estimate of drug-likeness (QED) is 0.360. The fourth-order valence-corrected chi connectivity index (χ4v) is 4.85. The largest absolute Gasteiger partial charge is 0.496 e. The second-order valence-electron chi connectivity index (χ2n) is 8.02. The van der Waals surface area contributed by atoms with E-state index < -0.39 is 33.1 Å². The number of hydrogen-bond acceptors (Lipinski definition) is 8. The summed E-state index contributed by atoms with van der Waals surface area (Å²) in [5.74, 6) is 0.112. The first-order chi connectivity index (χ1) is 17.1. The number of rotatable bonds is 9. The molecule has 0 aliphatic heterocycles. The molecule has 0 aliphatic carbocycles. The molecular weight excluding hydrogens is 491 g/mol. The van der Waals surface area contributed by atoms with E-state index in [0.717, 1.165) is 6.26 Å². The molecule has 0 amide bonds. The Morgan fingerprint density at radius 3 is 2.50 bits per heavy atom. The maximum Gasteiger partial charge on any atom is 0.328 e. The molecule has 4 aromatic rings. The molecule has 0 saturated carbocycles. The van der Waals surface area contributed by atoms with Crippen molar-refractivity contribution in [2.24, 2.45) is 0 Å². The van der Waals surface area contributed by atoms with Crippen molar-refractivity contribution in [1.29, 1.82) is 0 Å². The van der Waals surface area contributed by atoms with Crippen LogP contribution >= 0.6 is 0 Å². The summed E-state index contributed by atoms with van der Waals surface area (Å²) in [7, 11) is -0.628. The Hall–Kier alpha value is -3.93. The number of hydrogen-bond donors (Lipinski definition) is 1. The highest BCUT2D eigenvalue weighted by molar-refractivity contribution is 7.90. The van der Waals surface area contributed by atoms with Gasteiger partial charge in [-0.1, -0.05) is 0 Å². The number of aromatic nitrogens is 4. The Labute approximate surface area is 206 Å².